The van der Waals surface area contributed by atoms with Crippen molar-refractivity contribution in [2.75, 3.05) is 13.2 Å². The van der Waals surface area contributed by atoms with Gasteiger partial charge < -0.3 is 9.47 Å². The minimum Gasteiger partial charge on any atom is -0.374 e. The molecule has 3 nitrogen and oxygen atoms in total. The van der Waals surface area contributed by atoms with Crippen molar-refractivity contribution in [1.82, 2.24) is 0 Å². The number of carbonyl (C=O) groups excluding carboxylic acids is 1. The van der Waals surface area contributed by atoms with Crippen molar-refractivity contribution in [2.45, 2.75) is 37.9 Å². The molecule has 5 aliphatic rings. The predicted octanol–water partition coefficient (Wildman–Crippen LogP) is 2.44. The Balaban J connectivity index is 1.82. The monoisotopic (exact) mass is 312 g/mol. The first-order valence-corrected chi connectivity index (χ1v) is 7.40. The maximum atomic E-state index is 12.8. The van der Waals surface area contributed by atoms with Crippen molar-refractivity contribution in [3.63, 3.8) is 0 Å². The lowest BCUT2D eigenvalue weighted by Crippen LogP contribution is -2.63. The number of epoxide rings is 1. The second-order valence-corrected chi connectivity index (χ2v) is 7.73. The first kappa shape index (κ1) is 11.6. The van der Waals surface area contributed by atoms with Gasteiger partial charge >= 0.3 is 0 Å². The molecule has 0 aromatic rings. The minimum atomic E-state index is -0.505. The van der Waals surface area contributed by atoms with Crippen LogP contribution in [0.3, 0.4) is 0 Å². The molecule has 0 amide bonds. The number of ketones is 1. The highest BCUT2D eigenvalue weighted by atomic mass is 79.9. The fourth-order valence-corrected chi connectivity index (χ4v) is 5.12. The molecule has 2 bridgehead atoms. The van der Waals surface area contributed by atoms with Gasteiger partial charge in [-0.3, -0.25) is 4.79 Å². The summed E-state index contributed by atoms with van der Waals surface area (Å²) in [4.78, 5) is 12.8. The third kappa shape index (κ3) is 1.20. The molecule has 18 heavy (non-hydrogen) atoms. The van der Waals surface area contributed by atoms with E-state index in [0.717, 1.165) is 17.3 Å². The Kier molecular flexibility index (Phi) is 2.00. The highest BCUT2D eigenvalue weighted by molar-refractivity contribution is 9.11. The first-order chi connectivity index (χ1) is 8.40. The third-order valence-corrected chi connectivity index (χ3v) is 6.02. The lowest BCUT2D eigenvalue weighted by atomic mass is 9.52. The van der Waals surface area contributed by atoms with Gasteiger partial charge in [0.05, 0.1) is 24.2 Å². The molecule has 4 heteroatoms. The average Bonchev–Trinajstić information content (AvgIpc) is 3.06. The molecule has 3 fully saturated rings. The zero-order chi connectivity index (χ0) is 12.8. The quantitative estimate of drug-likeness (QED) is 0.645. The summed E-state index contributed by atoms with van der Waals surface area (Å²) in [5.41, 5.74) is -1.04. The van der Waals surface area contributed by atoms with Gasteiger partial charge in [-0.15, -0.1) is 0 Å². The van der Waals surface area contributed by atoms with Crippen molar-refractivity contribution < 1.29 is 14.3 Å². The Bertz CT molecular complexity index is 477. The summed E-state index contributed by atoms with van der Waals surface area (Å²) in [6.07, 6.45) is 4.13. The molecule has 0 aromatic heterocycles. The Labute approximate surface area is 115 Å². The average molecular weight is 313 g/mol. The van der Waals surface area contributed by atoms with Crippen LogP contribution in [0.4, 0.5) is 0 Å². The maximum Gasteiger partial charge on any atom is 0.180 e. The molecule has 3 aliphatic carbocycles. The van der Waals surface area contributed by atoms with Gasteiger partial charge in [-0.05, 0) is 37.1 Å². The molecule has 0 aromatic carbocycles. The molecule has 1 saturated carbocycles. The summed E-state index contributed by atoms with van der Waals surface area (Å²) < 4.78 is 12.7. The van der Waals surface area contributed by atoms with E-state index in [1.807, 2.05) is 0 Å². The molecule has 0 radical (unpaired) electrons. The van der Waals surface area contributed by atoms with Crippen molar-refractivity contribution >= 4 is 21.7 Å². The molecule has 2 spiro atoms. The minimum absolute atomic E-state index is 0.106. The van der Waals surface area contributed by atoms with Gasteiger partial charge in [-0.2, -0.15) is 0 Å². The van der Waals surface area contributed by atoms with Gasteiger partial charge in [-0.1, -0.05) is 22.0 Å². The number of halogens is 1. The van der Waals surface area contributed by atoms with E-state index in [1.165, 1.54) is 0 Å². The van der Waals surface area contributed by atoms with Gasteiger partial charge in [0.1, 0.15) is 0 Å². The molecule has 2 aliphatic heterocycles. The second kappa shape index (κ2) is 3.10. The standard InChI is InChI=1S/C14H17BrO3/c1-12(2)4-8-3-9-10(15)5-13(8,6-17-12)11(16)14(9)7-18-14/h5,8-9H,3-4,6-7H2,1-2H3/t8?,9?,13-,14+/m1/s1. The fourth-order valence-electron chi connectivity index (χ4n) is 4.16. The lowest BCUT2D eigenvalue weighted by Gasteiger charge is -2.56. The van der Waals surface area contributed by atoms with E-state index in [2.05, 4.69) is 35.9 Å². The van der Waals surface area contributed by atoms with E-state index in [9.17, 15) is 4.79 Å². The SMILES string of the molecule is CC1(C)CC2CC3C(Br)=C[C@]2(CO1)C(=O)[C@]31CO1. The molecule has 2 heterocycles. The largest absolute Gasteiger partial charge is 0.374 e. The normalized spacial score (nSPS) is 52.2. The third-order valence-electron chi connectivity index (χ3n) is 5.24. The maximum absolute atomic E-state index is 12.8. The number of hydrogen-bond donors (Lipinski definition) is 0. The van der Waals surface area contributed by atoms with Crippen molar-refractivity contribution in [1.29, 1.82) is 0 Å². The van der Waals surface area contributed by atoms with Crippen LogP contribution in [-0.2, 0) is 14.3 Å². The summed E-state index contributed by atoms with van der Waals surface area (Å²) in [6.45, 7) is 5.34. The molecule has 2 saturated heterocycles. The second-order valence-electron chi connectivity index (χ2n) is 6.81. The molecule has 4 atom stereocenters. The number of ether oxygens (including phenoxy) is 2. The Morgan fingerprint density at radius 1 is 1.33 bits per heavy atom. The van der Waals surface area contributed by atoms with Crippen LogP contribution < -0.4 is 0 Å². The number of hydrogen-bond acceptors (Lipinski definition) is 3. The van der Waals surface area contributed by atoms with Crippen LogP contribution in [0.1, 0.15) is 26.7 Å². The van der Waals surface area contributed by atoms with Gasteiger partial charge in [0.15, 0.2) is 11.4 Å². The first-order valence-electron chi connectivity index (χ1n) is 6.61. The number of Topliss-reactive ketones (excluding diaryl/α,β-unsaturated/α-hetero) is 1. The van der Waals surface area contributed by atoms with Gasteiger partial charge in [0, 0.05) is 5.92 Å². The summed E-state index contributed by atoms with van der Waals surface area (Å²) in [5.74, 6) is 0.926. The van der Waals surface area contributed by atoms with E-state index in [4.69, 9.17) is 9.47 Å². The van der Waals surface area contributed by atoms with Crippen molar-refractivity contribution in [3.8, 4) is 0 Å². The summed E-state index contributed by atoms with van der Waals surface area (Å²) in [5, 5.41) is 0. The van der Waals surface area contributed by atoms with Gasteiger partial charge in [-0.25, -0.2) is 0 Å². The van der Waals surface area contributed by atoms with E-state index in [-0.39, 0.29) is 17.3 Å². The topological polar surface area (TPSA) is 38.8 Å². The Morgan fingerprint density at radius 2 is 2.06 bits per heavy atom. The van der Waals surface area contributed by atoms with E-state index < -0.39 is 11.0 Å². The molecule has 2 unspecified atom stereocenters. The summed E-state index contributed by atoms with van der Waals surface area (Å²) in [7, 11) is 0. The van der Waals surface area contributed by atoms with Crippen LogP contribution in [-0.4, -0.2) is 30.2 Å². The predicted molar refractivity (Wildman–Crippen MR) is 69.4 cm³/mol. The van der Waals surface area contributed by atoms with Crippen LogP contribution in [0.25, 0.3) is 0 Å². The Hall–Kier alpha value is -0.190. The zero-order valence-electron chi connectivity index (χ0n) is 10.7. The lowest BCUT2D eigenvalue weighted by molar-refractivity contribution is -0.175. The summed E-state index contributed by atoms with van der Waals surface area (Å²) in [6, 6.07) is 0. The van der Waals surface area contributed by atoms with Crippen molar-refractivity contribution in [2.24, 2.45) is 17.3 Å². The molecular formula is C14H17BrO3. The van der Waals surface area contributed by atoms with E-state index in [1.54, 1.807) is 0 Å². The molecular weight excluding hydrogens is 296 g/mol. The Morgan fingerprint density at radius 3 is 2.72 bits per heavy atom. The van der Waals surface area contributed by atoms with Crippen LogP contribution in [0.5, 0.6) is 0 Å². The van der Waals surface area contributed by atoms with Crippen molar-refractivity contribution in [3.05, 3.63) is 10.6 Å². The molecule has 98 valence electrons. The zero-order valence-corrected chi connectivity index (χ0v) is 12.2. The van der Waals surface area contributed by atoms with E-state index in [0.29, 0.717) is 19.1 Å². The van der Waals surface area contributed by atoms with Crippen LogP contribution in [0.15, 0.2) is 10.6 Å². The van der Waals surface area contributed by atoms with Crippen LogP contribution >= 0.6 is 15.9 Å². The summed E-state index contributed by atoms with van der Waals surface area (Å²) >= 11 is 3.65. The highest BCUT2D eigenvalue weighted by Crippen LogP contribution is 2.64. The van der Waals surface area contributed by atoms with Gasteiger partial charge in [0.25, 0.3) is 0 Å². The molecule has 0 N–H and O–H groups in total. The number of rotatable bonds is 0. The fraction of sp³-hybridized carbons (Fsp3) is 0.786. The smallest absolute Gasteiger partial charge is 0.180 e. The number of carbonyl (C=O) groups is 1. The van der Waals surface area contributed by atoms with Crippen LogP contribution in [0, 0.1) is 17.3 Å². The highest BCUT2D eigenvalue weighted by Gasteiger charge is 2.72. The molecule has 5 rings (SSSR count). The van der Waals surface area contributed by atoms with Gasteiger partial charge in [0.2, 0.25) is 0 Å². The van der Waals surface area contributed by atoms with E-state index >= 15 is 0 Å². The van der Waals surface area contributed by atoms with Crippen LogP contribution in [0.2, 0.25) is 0 Å².